The van der Waals surface area contributed by atoms with E-state index in [1.54, 1.807) is 12.2 Å². The maximum atomic E-state index is 10.2. The number of nitroso groups, excluding NO2 is 2. The van der Waals surface area contributed by atoms with Crippen molar-refractivity contribution >= 4 is 6.98 Å². The summed E-state index contributed by atoms with van der Waals surface area (Å²) >= 11 is 0. The molecule has 0 spiro atoms. The first-order valence-electron chi connectivity index (χ1n) is 4.31. The third-order valence-electron chi connectivity index (χ3n) is 1.48. The molecule has 4 nitrogen and oxygen atoms in total. The van der Waals surface area contributed by atoms with E-state index in [9.17, 15) is 9.81 Å². The molecule has 13 heavy (non-hydrogen) atoms. The summed E-state index contributed by atoms with van der Waals surface area (Å²) in [6.45, 7) is 2.80. The van der Waals surface area contributed by atoms with Gasteiger partial charge in [0.15, 0.2) is 0 Å². The molecule has 0 aliphatic carbocycles. The Morgan fingerprint density at radius 2 is 1.85 bits per heavy atom. The number of hydrogen-bond acceptors (Lipinski definition) is 4. The van der Waals surface area contributed by atoms with Crippen LogP contribution in [0.2, 0.25) is 0 Å². The SMILES string of the molecule is CC/C=C\C(=C/CC)B(N=O)N=O. The second-order valence-electron chi connectivity index (χ2n) is 2.51. The Morgan fingerprint density at radius 3 is 2.23 bits per heavy atom. The van der Waals surface area contributed by atoms with E-state index in [0.717, 1.165) is 12.8 Å². The first-order valence-corrected chi connectivity index (χ1v) is 4.31. The van der Waals surface area contributed by atoms with Gasteiger partial charge in [0.05, 0.1) is 0 Å². The highest BCUT2D eigenvalue weighted by Crippen LogP contribution is 2.07. The Labute approximate surface area is 78.2 Å². The molecule has 0 aromatic heterocycles. The fourth-order valence-electron chi connectivity index (χ4n) is 0.890. The molecule has 0 saturated carbocycles. The Hall–Kier alpha value is -1.26. The van der Waals surface area contributed by atoms with Gasteiger partial charge in [-0.3, -0.25) is 0 Å². The zero-order valence-corrected chi connectivity index (χ0v) is 7.93. The maximum Gasteiger partial charge on any atom is 0.548 e. The van der Waals surface area contributed by atoms with Gasteiger partial charge in [-0.2, -0.15) is 9.81 Å². The van der Waals surface area contributed by atoms with Crippen LogP contribution in [0.3, 0.4) is 0 Å². The van der Waals surface area contributed by atoms with Crippen LogP contribution in [0.5, 0.6) is 0 Å². The summed E-state index contributed by atoms with van der Waals surface area (Å²) in [4.78, 5) is 20.4. The first-order chi connectivity index (χ1) is 6.29. The highest BCUT2D eigenvalue weighted by atomic mass is 16.3. The van der Waals surface area contributed by atoms with Gasteiger partial charge in [-0.05, 0) is 18.3 Å². The van der Waals surface area contributed by atoms with Crippen molar-refractivity contribution in [3.05, 3.63) is 33.5 Å². The topological polar surface area (TPSA) is 58.9 Å². The van der Waals surface area contributed by atoms with Gasteiger partial charge in [0.25, 0.3) is 0 Å². The fourth-order valence-corrected chi connectivity index (χ4v) is 0.890. The predicted octanol–water partition coefficient (Wildman–Crippen LogP) is 2.85. The summed E-state index contributed by atoms with van der Waals surface area (Å²) in [5.74, 6) is 0. The van der Waals surface area contributed by atoms with E-state index >= 15 is 0 Å². The molecule has 0 aromatic rings. The lowest BCUT2D eigenvalue weighted by molar-refractivity contribution is 1.20. The first kappa shape index (κ1) is 11.7. The lowest BCUT2D eigenvalue weighted by Gasteiger charge is -1.96. The lowest BCUT2D eigenvalue weighted by atomic mass is 9.69. The molecule has 0 heterocycles. The normalized spacial score (nSPS) is 11.7. The summed E-state index contributed by atoms with van der Waals surface area (Å²) in [6.07, 6.45) is 6.97. The average molecular weight is 180 g/mol. The molecule has 0 aliphatic rings. The van der Waals surface area contributed by atoms with Crippen molar-refractivity contribution in [2.24, 2.45) is 10.2 Å². The van der Waals surface area contributed by atoms with Crippen molar-refractivity contribution in [2.45, 2.75) is 26.7 Å². The largest absolute Gasteiger partial charge is 0.548 e. The predicted molar refractivity (Wildman–Crippen MR) is 55.1 cm³/mol. The maximum absolute atomic E-state index is 10.2. The number of nitrogens with zero attached hydrogens (tertiary/aromatic N) is 2. The minimum absolute atomic E-state index is 0.578. The van der Waals surface area contributed by atoms with Crippen LogP contribution in [0.4, 0.5) is 0 Å². The third kappa shape index (κ3) is 4.35. The van der Waals surface area contributed by atoms with E-state index in [2.05, 4.69) is 10.2 Å². The van der Waals surface area contributed by atoms with Gasteiger partial charge in [-0.15, -0.1) is 0 Å². The molecule has 0 radical (unpaired) electrons. The second-order valence-corrected chi connectivity index (χ2v) is 2.51. The van der Waals surface area contributed by atoms with Crippen molar-refractivity contribution < 1.29 is 0 Å². The molecule has 0 bridgehead atoms. The van der Waals surface area contributed by atoms with E-state index in [0.29, 0.717) is 5.47 Å². The van der Waals surface area contributed by atoms with Crippen molar-refractivity contribution in [3.8, 4) is 0 Å². The number of rotatable bonds is 6. The van der Waals surface area contributed by atoms with Crippen molar-refractivity contribution in [2.75, 3.05) is 0 Å². The van der Waals surface area contributed by atoms with Crippen LogP contribution in [-0.2, 0) is 0 Å². The Kier molecular flexibility index (Phi) is 6.68. The molecule has 5 heteroatoms. The van der Waals surface area contributed by atoms with Crippen molar-refractivity contribution in [3.63, 3.8) is 0 Å². The zero-order valence-electron chi connectivity index (χ0n) is 7.93. The summed E-state index contributed by atoms with van der Waals surface area (Å²) in [7, 11) is 0. The molecule has 0 fully saturated rings. The van der Waals surface area contributed by atoms with Gasteiger partial charge in [0, 0.05) is 0 Å². The van der Waals surface area contributed by atoms with E-state index in [1.165, 1.54) is 0 Å². The Bertz CT molecular complexity index is 218. The minimum Gasteiger partial charge on any atom is -0.164 e. The quantitative estimate of drug-likeness (QED) is 0.358. The van der Waals surface area contributed by atoms with Crippen LogP contribution in [0.25, 0.3) is 0 Å². The molecule has 70 valence electrons. The Morgan fingerprint density at radius 1 is 1.23 bits per heavy atom. The monoisotopic (exact) mass is 180 g/mol. The van der Waals surface area contributed by atoms with E-state index in [4.69, 9.17) is 0 Å². The lowest BCUT2D eigenvalue weighted by Crippen LogP contribution is -2.08. The smallest absolute Gasteiger partial charge is 0.164 e. The molecule has 0 atom stereocenters. The highest BCUT2D eigenvalue weighted by molar-refractivity contribution is 6.63. The van der Waals surface area contributed by atoms with Crippen LogP contribution in [0.15, 0.2) is 33.9 Å². The van der Waals surface area contributed by atoms with Gasteiger partial charge >= 0.3 is 6.98 Å². The van der Waals surface area contributed by atoms with E-state index < -0.39 is 6.98 Å². The standard InChI is InChI=1S/C8H13BN2O2/c1-3-5-7-8(6-4-2)9(10-12)11-13/h5-7H,3-4H2,1-2H3/b7-5-,8-6+. The van der Waals surface area contributed by atoms with Crippen LogP contribution in [0, 0.1) is 9.81 Å². The molecule has 0 amide bonds. The second kappa shape index (κ2) is 7.40. The van der Waals surface area contributed by atoms with E-state index in [1.807, 2.05) is 19.9 Å². The van der Waals surface area contributed by atoms with Crippen molar-refractivity contribution in [1.82, 2.24) is 0 Å². The van der Waals surface area contributed by atoms with Crippen molar-refractivity contribution in [1.29, 1.82) is 0 Å². The zero-order chi connectivity index (χ0) is 10.1. The molecule has 0 rings (SSSR count). The third-order valence-corrected chi connectivity index (χ3v) is 1.48. The molecule has 0 saturated heterocycles. The van der Waals surface area contributed by atoms with Gasteiger partial charge in [0.2, 0.25) is 0 Å². The van der Waals surface area contributed by atoms with Gasteiger partial charge < -0.3 is 0 Å². The molecule has 0 aliphatic heterocycles. The van der Waals surface area contributed by atoms with Gasteiger partial charge in [-0.1, -0.05) is 42.3 Å². The molecular formula is C8H13BN2O2. The summed E-state index contributed by atoms with van der Waals surface area (Å²) in [6, 6.07) is 0. The molecule has 0 N–H and O–H groups in total. The minimum atomic E-state index is -1.09. The highest BCUT2D eigenvalue weighted by Gasteiger charge is 2.21. The van der Waals surface area contributed by atoms with Crippen LogP contribution in [-0.4, -0.2) is 6.98 Å². The molecule has 0 unspecified atom stereocenters. The van der Waals surface area contributed by atoms with Crippen LogP contribution < -0.4 is 0 Å². The molecular weight excluding hydrogens is 167 g/mol. The van der Waals surface area contributed by atoms with Gasteiger partial charge in [-0.25, -0.2) is 0 Å². The summed E-state index contributed by atoms with van der Waals surface area (Å²) < 4.78 is 0. The summed E-state index contributed by atoms with van der Waals surface area (Å²) in [5.41, 5.74) is 0.578. The van der Waals surface area contributed by atoms with Gasteiger partial charge in [0.1, 0.15) is 0 Å². The van der Waals surface area contributed by atoms with E-state index in [-0.39, 0.29) is 0 Å². The van der Waals surface area contributed by atoms with Crippen LogP contribution in [0.1, 0.15) is 26.7 Å². The number of hydrogen-bond donors (Lipinski definition) is 0. The molecule has 0 aromatic carbocycles. The van der Waals surface area contributed by atoms with Crippen LogP contribution >= 0.6 is 0 Å². The fraction of sp³-hybridized carbons (Fsp3) is 0.500. The average Bonchev–Trinajstić information content (AvgIpc) is 2.16. The summed E-state index contributed by atoms with van der Waals surface area (Å²) in [5, 5.41) is 5.26. The Balaban J connectivity index is 4.57. The number of allylic oxidation sites excluding steroid dienone is 4.